The second-order valence-electron chi connectivity index (χ2n) is 11.8. The van der Waals surface area contributed by atoms with E-state index in [1.165, 1.54) is 4.90 Å². The number of hydrogen-bond donors (Lipinski definition) is 1. The molecule has 0 bridgehead atoms. The monoisotopic (exact) mass is 561 g/mol. The summed E-state index contributed by atoms with van der Waals surface area (Å²) >= 11 is 0. The summed E-state index contributed by atoms with van der Waals surface area (Å²) in [5.74, 6) is 2.83. The van der Waals surface area contributed by atoms with Crippen molar-refractivity contribution in [2.75, 3.05) is 74.3 Å². The molecular weight excluding hydrogens is 508 g/mol. The molecule has 226 valence electrons. The maximum atomic E-state index is 13.4. The first-order chi connectivity index (χ1) is 19.3. The SMILES string of the molecule is CCCCN(CCCC)C(=O)CN1C[C@H](c2cc(OC)c3c(c2)OCO3)C[C@@H]1CCN1CCCC1=O.C[NH+](C)C. The highest BCUT2D eigenvalue weighted by molar-refractivity contribution is 5.78. The number of carbonyl (C=O) groups is 2. The van der Waals surface area contributed by atoms with Gasteiger partial charge in [0.15, 0.2) is 11.5 Å². The highest BCUT2D eigenvalue weighted by Crippen LogP contribution is 2.45. The Morgan fingerprint density at radius 1 is 1.12 bits per heavy atom. The summed E-state index contributed by atoms with van der Waals surface area (Å²) in [7, 11) is 7.90. The number of amides is 2. The standard InChI is InChI=1S/C28H43N3O5.C3H9N/c1-4-6-11-29(12-7-5-2)27(33)19-31-18-22(15-23(31)10-14-30-13-8-9-26(30)32)21-16-24(34-3)28-25(17-21)35-20-36-28;1-4(2)3/h16-17,22-23H,4-15,18-20H2,1-3H3;1-3H3/p+1/t22-,23+;/m1./s1. The Hall–Kier alpha value is -2.52. The molecule has 2 fully saturated rings. The third kappa shape index (κ3) is 8.99. The molecule has 2 atom stereocenters. The number of carbonyl (C=O) groups excluding carboxylic acids is 2. The molecule has 9 nitrogen and oxygen atoms in total. The van der Waals surface area contributed by atoms with Crippen LogP contribution in [0.1, 0.15) is 76.7 Å². The molecule has 9 heteroatoms. The Kier molecular flexibility index (Phi) is 12.8. The molecule has 3 aliphatic heterocycles. The third-order valence-electron chi connectivity index (χ3n) is 7.84. The molecule has 4 rings (SSSR count). The number of likely N-dealkylation sites (tertiary alicyclic amines) is 2. The van der Waals surface area contributed by atoms with Crippen LogP contribution in [0.15, 0.2) is 12.1 Å². The lowest BCUT2D eigenvalue weighted by Crippen LogP contribution is -3.02. The van der Waals surface area contributed by atoms with Gasteiger partial charge in [0, 0.05) is 45.2 Å². The lowest BCUT2D eigenvalue weighted by molar-refractivity contribution is -0.836. The molecule has 0 aliphatic carbocycles. The maximum absolute atomic E-state index is 13.4. The Morgan fingerprint density at radius 3 is 2.42 bits per heavy atom. The third-order valence-corrected chi connectivity index (χ3v) is 7.84. The molecule has 2 amide bonds. The molecule has 0 aromatic heterocycles. The van der Waals surface area contributed by atoms with Gasteiger partial charge < -0.3 is 28.9 Å². The summed E-state index contributed by atoms with van der Waals surface area (Å²) in [5, 5.41) is 0. The van der Waals surface area contributed by atoms with Crippen molar-refractivity contribution < 1.29 is 28.7 Å². The fourth-order valence-electron chi connectivity index (χ4n) is 5.68. The molecule has 3 aliphatic rings. The van der Waals surface area contributed by atoms with Crippen molar-refractivity contribution in [3.63, 3.8) is 0 Å². The van der Waals surface area contributed by atoms with Crippen LogP contribution >= 0.6 is 0 Å². The van der Waals surface area contributed by atoms with Crippen LogP contribution in [0.2, 0.25) is 0 Å². The zero-order valence-corrected chi connectivity index (χ0v) is 25.8. The second kappa shape index (κ2) is 16.1. The van der Waals surface area contributed by atoms with E-state index in [1.54, 1.807) is 7.11 Å². The molecule has 3 heterocycles. The van der Waals surface area contributed by atoms with Gasteiger partial charge in [-0.05, 0) is 55.7 Å². The van der Waals surface area contributed by atoms with E-state index in [2.05, 4.69) is 56.9 Å². The van der Waals surface area contributed by atoms with E-state index in [9.17, 15) is 9.59 Å². The van der Waals surface area contributed by atoms with Crippen molar-refractivity contribution in [2.45, 2.75) is 77.2 Å². The van der Waals surface area contributed by atoms with Crippen molar-refractivity contribution in [2.24, 2.45) is 0 Å². The molecule has 1 aromatic rings. The second-order valence-corrected chi connectivity index (χ2v) is 11.8. The van der Waals surface area contributed by atoms with Gasteiger partial charge in [0.1, 0.15) is 0 Å². The average molecular weight is 562 g/mol. The van der Waals surface area contributed by atoms with E-state index in [-0.39, 0.29) is 30.6 Å². The van der Waals surface area contributed by atoms with Gasteiger partial charge in [-0.25, -0.2) is 0 Å². The van der Waals surface area contributed by atoms with Crippen molar-refractivity contribution >= 4 is 11.8 Å². The summed E-state index contributed by atoms with van der Waals surface area (Å²) < 4.78 is 16.8. The van der Waals surface area contributed by atoms with Crippen LogP contribution in [0.5, 0.6) is 17.2 Å². The van der Waals surface area contributed by atoms with Gasteiger partial charge in [0.25, 0.3) is 0 Å². The van der Waals surface area contributed by atoms with Crippen molar-refractivity contribution in [1.82, 2.24) is 14.7 Å². The maximum Gasteiger partial charge on any atom is 0.236 e. The van der Waals surface area contributed by atoms with Crippen LogP contribution < -0.4 is 19.1 Å². The van der Waals surface area contributed by atoms with E-state index in [1.807, 2.05) is 4.90 Å². The number of hydrogen-bond acceptors (Lipinski definition) is 6. The van der Waals surface area contributed by atoms with Crippen molar-refractivity contribution in [1.29, 1.82) is 0 Å². The van der Waals surface area contributed by atoms with Gasteiger partial charge in [0.05, 0.1) is 34.8 Å². The van der Waals surface area contributed by atoms with Gasteiger partial charge in [-0.15, -0.1) is 0 Å². The van der Waals surface area contributed by atoms with Gasteiger partial charge in [-0.2, -0.15) is 0 Å². The largest absolute Gasteiger partial charge is 0.493 e. The van der Waals surface area contributed by atoms with Crippen LogP contribution in [-0.4, -0.2) is 107 Å². The van der Waals surface area contributed by atoms with Crippen molar-refractivity contribution in [3.8, 4) is 17.2 Å². The normalized spacial score (nSPS) is 20.2. The number of fused-ring (bicyclic) bond motifs is 1. The van der Waals surface area contributed by atoms with E-state index >= 15 is 0 Å². The lowest BCUT2D eigenvalue weighted by atomic mass is 9.94. The first kappa shape index (κ1) is 32.0. The molecule has 0 unspecified atom stereocenters. The van der Waals surface area contributed by atoms with Gasteiger partial charge in [-0.3, -0.25) is 14.5 Å². The zero-order chi connectivity index (χ0) is 29.1. The predicted octanol–water partition coefficient (Wildman–Crippen LogP) is 2.78. The molecule has 0 spiro atoms. The van der Waals surface area contributed by atoms with Crippen LogP contribution in [0.25, 0.3) is 0 Å². The van der Waals surface area contributed by atoms with Crippen LogP contribution in [0.4, 0.5) is 0 Å². The summed E-state index contributed by atoms with van der Waals surface area (Å²) in [6, 6.07) is 4.37. The fraction of sp³-hybridized carbons (Fsp3) is 0.742. The molecule has 0 radical (unpaired) electrons. The van der Waals surface area contributed by atoms with E-state index < -0.39 is 0 Å². The molecule has 40 heavy (non-hydrogen) atoms. The Morgan fingerprint density at radius 2 is 1.82 bits per heavy atom. The number of ether oxygens (including phenoxy) is 3. The topological polar surface area (TPSA) is 76.0 Å². The number of unbranched alkanes of at least 4 members (excludes halogenated alkanes) is 2. The molecular formula is C31H53N4O5+. The average Bonchev–Trinajstić information content (AvgIpc) is 3.66. The van der Waals surface area contributed by atoms with Gasteiger partial charge in [-0.1, -0.05) is 26.7 Å². The number of benzene rings is 1. The number of quaternary nitrogens is 1. The van der Waals surface area contributed by atoms with Crippen LogP contribution in [-0.2, 0) is 9.59 Å². The molecule has 0 saturated carbocycles. The van der Waals surface area contributed by atoms with E-state index in [0.717, 1.165) is 89.0 Å². The highest BCUT2D eigenvalue weighted by Gasteiger charge is 2.36. The van der Waals surface area contributed by atoms with Gasteiger partial charge >= 0.3 is 0 Å². The van der Waals surface area contributed by atoms with Crippen molar-refractivity contribution in [3.05, 3.63) is 17.7 Å². The minimum atomic E-state index is 0.207. The highest BCUT2D eigenvalue weighted by atomic mass is 16.7. The fourth-order valence-corrected chi connectivity index (χ4v) is 5.68. The number of nitrogens with one attached hydrogen (secondary N) is 1. The zero-order valence-electron chi connectivity index (χ0n) is 25.8. The van der Waals surface area contributed by atoms with E-state index in [4.69, 9.17) is 14.2 Å². The molecule has 1 aromatic carbocycles. The minimum absolute atomic E-state index is 0.207. The Balaban J connectivity index is 0.00000103. The van der Waals surface area contributed by atoms with Crippen LogP contribution in [0, 0.1) is 0 Å². The molecule has 2 saturated heterocycles. The molecule has 1 N–H and O–H groups in total. The first-order valence-corrected chi connectivity index (χ1v) is 15.3. The lowest BCUT2D eigenvalue weighted by Gasteiger charge is -2.29. The summed E-state index contributed by atoms with van der Waals surface area (Å²) in [6.45, 7) is 9.07. The smallest absolute Gasteiger partial charge is 0.236 e. The first-order valence-electron chi connectivity index (χ1n) is 15.3. The summed E-state index contributed by atoms with van der Waals surface area (Å²) in [6.07, 6.45) is 7.69. The minimum Gasteiger partial charge on any atom is -0.493 e. The number of nitrogens with zero attached hydrogens (tertiary/aromatic N) is 3. The Labute approximate surface area is 241 Å². The van der Waals surface area contributed by atoms with E-state index in [0.29, 0.717) is 24.5 Å². The van der Waals surface area contributed by atoms with Gasteiger partial charge in [0.2, 0.25) is 24.4 Å². The summed E-state index contributed by atoms with van der Waals surface area (Å²) in [4.78, 5) is 33.5. The number of rotatable bonds is 13. The predicted molar refractivity (Wildman–Crippen MR) is 157 cm³/mol. The summed E-state index contributed by atoms with van der Waals surface area (Å²) in [5.41, 5.74) is 1.15. The Bertz CT molecular complexity index is 945. The van der Waals surface area contributed by atoms with Crippen LogP contribution in [0.3, 0.4) is 0 Å². The quantitative estimate of drug-likeness (QED) is 0.399. The number of methoxy groups -OCH3 is 1.